The lowest BCUT2D eigenvalue weighted by Crippen LogP contribution is -2.01. The fourth-order valence-electron chi connectivity index (χ4n) is 2.64. The molecule has 13 heteroatoms. The highest BCUT2D eigenvalue weighted by Gasteiger charge is 2.17. The van der Waals surface area contributed by atoms with E-state index >= 15 is 0 Å². The number of phenolic OH excluding ortho intramolecular Hbond substituents is 4. The number of aromatic hydroxyl groups is 4. The summed E-state index contributed by atoms with van der Waals surface area (Å²) in [5.74, 6) is -1.07. The van der Waals surface area contributed by atoms with Gasteiger partial charge in [-0.25, -0.2) is 19.9 Å². The molecule has 0 spiro atoms. The van der Waals surface area contributed by atoms with Crippen molar-refractivity contribution in [2.75, 3.05) is 12.0 Å². The normalized spacial score (nSPS) is 11.1. The van der Waals surface area contributed by atoms with Crippen LogP contribution in [0.4, 0.5) is 5.82 Å². The number of fused-ring (bicyclic) bond motifs is 1. The summed E-state index contributed by atoms with van der Waals surface area (Å²) < 4.78 is 25.9. The average Bonchev–Trinajstić information content (AvgIpc) is 2.70. The first-order valence-electron chi connectivity index (χ1n) is 8.69. The average molecular weight is 459 g/mol. The van der Waals surface area contributed by atoms with Gasteiger partial charge in [0.05, 0.1) is 17.6 Å². The van der Waals surface area contributed by atoms with Crippen LogP contribution in [-0.4, -0.2) is 59.6 Å². The van der Waals surface area contributed by atoms with Crippen LogP contribution in [-0.2, 0) is 10.1 Å². The number of hydrogen-bond donors (Lipinski definition) is 6. The van der Waals surface area contributed by atoms with Crippen molar-refractivity contribution in [1.82, 2.24) is 19.9 Å². The van der Waals surface area contributed by atoms with Gasteiger partial charge in [0, 0.05) is 11.1 Å². The van der Waals surface area contributed by atoms with Crippen molar-refractivity contribution in [3.05, 3.63) is 42.7 Å². The molecule has 2 aromatic heterocycles. The zero-order valence-corrected chi connectivity index (χ0v) is 17.2. The largest absolute Gasteiger partial charge is 0.504 e. The Labute approximate surface area is 181 Å². The van der Waals surface area contributed by atoms with Gasteiger partial charge in [0.1, 0.15) is 6.33 Å². The molecule has 0 amide bonds. The Kier molecular flexibility index (Phi) is 5.95. The highest BCUT2D eigenvalue weighted by Crippen LogP contribution is 2.37. The van der Waals surface area contributed by atoms with Crippen LogP contribution in [0.5, 0.6) is 23.0 Å². The number of hydrogen-bond acceptors (Lipinski definition) is 11. The molecular weight excluding hydrogens is 442 g/mol. The fourth-order valence-corrected chi connectivity index (χ4v) is 2.64. The van der Waals surface area contributed by atoms with E-state index in [1.807, 2.05) is 0 Å². The van der Waals surface area contributed by atoms with Crippen molar-refractivity contribution in [3.8, 4) is 45.5 Å². The van der Waals surface area contributed by atoms with E-state index in [-0.39, 0.29) is 40.0 Å². The Balaban J connectivity index is 0.000000523. The summed E-state index contributed by atoms with van der Waals surface area (Å²) in [6.45, 7) is 0. The summed E-state index contributed by atoms with van der Waals surface area (Å²) in [6, 6.07) is 8.41. The number of nitrogens with two attached hydrogens (primary N) is 1. The minimum atomic E-state index is -3.67. The molecule has 0 radical (unpaired) electrons. The molecule has 0 aliphatic rings. The van der Waals surface area contributed by atoms with Crippen LogP contribution < -0.4 is 5.73 Å². The highest BCUT2D eigenvalue weighted by molar-refractivity contribution is 7.85. The van der Waals surface area contributed by atoms with Crippen LogP contribution in [0.2, 0.25) is 0 Å². The first-order chi connectivity index (χ1) is 14.9. The molecule has 0 saturated heterocycles. The number of phenols is 4. The Morgan fingerprint density at radius 2 is 1.25 bits per heavy atom. The number of nitrogen functional groups attached to an aromatic ring is 1. The number of aromatic nitrogens is 4. The van der Waals surface area contributed by atoms with Crippen LogP contribution in [0, 0.1) is 0 Å². The molecule has 0 aliphatic heterocycles. The molecule has 0 unspecified atom stereocenters. The predicted octanol–water partition coefficient (Wildman–Crippen LogP) is 1.66. The molecule has 0 saturated carbocycles. The van der Waals surface area contributed by atoms with E-state index in [2.05, 4.69) is 19.9 Å². The molecule has 2 heterocycles. The summed E-state index contributed by atoms with van der Waals surface area (Å²) in [6.07, 6.45) is 1.98. The molecule has 0 atom stereocenters. The van der Waals surface area contributed by atoms with E-state index in [0.29, 0.717) is 28.8 Å². The van der Waals surface area contributed by atoms with E-state index < -0.39 is 10.1 Å². The van der Waals surface area contributed by atoms with Crippen molar-refractivity contribution < 1.29 is 33.4 Å². The summed E-state index contributed by atoms with van der Waals surface area (Å²) >= 11 is 0. The van der Waals surface area contributed by atoms with E-state index in [1.165, 1.54) is 30.6 Å². The number of benzene rings is 2. The number of rotatable bonds is 2. The number of anilines is 1. The first-order valence-corrected chi connectivity index (χ1v) is 10.5. The molecule has 2 aromatic carbocycles. The van der Waals surface area contributed by atoms with Crippen LogP contribution >= 0.6 is 0 Å². The summed E-state index contributed by atoms with van der Waals surface area (Å²) in [5.41, 5.74) is 7.96. The molecule has 0 bridgehead atoms. The van der Waals surface area contributed by atoms with Gasteiger partial charge in [0.15, 0.2) is 40.0 Å². The van der Waals surface area contributed by atoms with Crippen molar-refractivity contribution in [2.45, 2.75) is 0 Å². The van der Waals surface area contributed by atoms with Gasteiger partial charge in [-0.15, -0.1) is 0 Å². The lowest BCUT2D eigenvalue weighted by atomic mass is 10.0. The Hall–Kier alpha value is -4.23. The van der Waals surface area contributed by atoms with Gasteiger partial charge in [-0.2, -0.15) is 8.42 Å². The van der Waals surface area contributed by atoms with Gasteiger partial charge in [-0.05, 0) is 36.4 Å². The van der Waals surface area contributed by atoms with Crippen LogP contribution in [0.1, 0.15) is 0 Å². The van der Waals surface area contributed by atoms with Gasteiger partial charge in [-0.1, -0.05) is 0 Å². The molecular formula is C19H17N5O7S. The maximum atomic E-state index is 9.85. The van der Waals surface area contributed by atoms with E-state index in [4.69, 9.17) is 10.3 Å². The fraction of sp³-hybridized carbons (Fsp3) is 0.0526. The third-order valence-corrected chi connectivity index (χ3v) is 3.99. The lowest BCUT2D eigenvalue weighted by molar-refractivity contribution is 0.404. The van der Waals surface area contributed by atoms with Crippen molar-refractivity contribution in [1.29, 1.82) is 0 Å². The molecule has 0 aliphatic carbocycles. The maximum Gasteiger partial charge on any atom is 0.261 e. The lowest BCUT2D eigenvalue weighted by Gasteiger charge is -2.12. The molecule has 4 rings (SSSR count). The Bertz CT molecular complexity index is 1420. The second kappa shape index (κ2) is 8.49. The van der Waals surface area contributed by atoms with E-state index in [1.54, 1.807) is 12.1 Å². The molecule has 4 aromatic rings. The maximum absolute atomic E-state index is 9.85. The Morgan fingerprint density at radius 3 is 1.72 bits per heavy atom. The van der Waals surface area contributed by atoms with Crippen molar-refractivity contribution in [3.63, 3.8) is 0 Å². The van der Waals surface area contributed by atoms with Crippen LogP contribution in [0.25, 0.3) is 33.7 Å². The minimum absolute atomic E-state index is 0.136. The smallest absolute Gasteiger partial charge is 0.261 e. The predicted molar refractivity (Wildman–Crippen MR) is 115 cm³/mol. The third kappa shape index (κ3) is 5.08. The van der Waals surface area contributed by atoms with Gasteiger partial charge in [0.2, 0.25) is 0 Å². The van der Waals surface area contributed by atoms with Gasteiger partial charge < -0.3 is 26.2 Å². The zero-order valence-electron chi connectivity index (χ0n) is 16.4. The topological polar surface area (TPSA) is 213 Å². The highest BCUT2D eigenvalue weighted by atomic mass is 32.2. The molecule has 32 heavy (non-hydrogen) atoms. The summed E-state index contributed by atoms with van der Waals surface area (Å²) in [4.78, 5) is 16.9. The van der Waals surface area contributed by atoms with Crippen LogP contribution in [0.15, 0.2) is 42.7 Å². The zero-order chi connectivity index (χ0) is 23.6. The quantitative estimate of drug-likeness (QED) is 0.186. The SMILES string of the molecule is CS(=O)(=O)O.Nc1ncnc2nc(-c3ccc(O)c(O)c3)c(-c3ccc(O)c(O)c3)nc12. The van der Waals surface area contributed by atoms with Crippen molar-refractivity contribution in [2.24, 2.45) is 0 Å². The second-order valence-corrected chi connectivity index (χ2v) is 7.96. The Morgan fingerprint density at radius 1 is 0.781 bits per heavy atom. The standard InChI is InChI=1S/C18H13N5O4.CH4O3S/c19-17-16-18(21-7-20-17)23-15(9-2-4-11(25)13(27)6-9)14(22-16)8-1-3-10(24)12(26)5-8;1-5(2,3)4/h1-7,24-27H,(H2,19,20,21,23);1H3,(H,2,3,4). The summed E-state index contributed by atoms with van der Waals surface area (Å²) in [7, 11) is -3.67. The molecule has 12 nitrogen and oxygen atoms in total. The summed E-state index contributed by atoms with van der Waals surface area (Å²) in [5, 5.41) is 38.8. The number of nitrogens with zero attached hydrogens (tertiary/aromatic N) is 4. The van der Waals surface area contributed by atoms with Gasteiger partial charge in [0.25, 0.3) is 10.1 Å². The first kappa shape index (κ1) is 22.5. The van der Waals surface area contributed by atoms with Crippen molar-refractivity contribution >= 4 is 27.1 Å². The monoisotopic (exact) mass is 459 g/mol. The molecule has 7 N–H and O–H groups in total. The second-order valence-electron chi connectivity index (χ2n) is 6.49. The minimum Gasteiger partial charge on any atom is -0.504 e. The molecule has 0 fully saturated rings. The third-order valence-electron chi connectivity index (χ3n) is 3.99. The van der Waals surface area contributed by atoms with Crippen LogP contribution in [0.3, 0.4) is 0 Å². The van der Waals surface area contributed by atoms with E-state index in [0.717, 1.165) is 0 Å². The van der Waals surface area contributed by atoms with E-state index in [9.17, 15) is 28.8 Å². The van der Waals surface area contributed by atoms with Gasteiger partial charge >= 0.3 is 0 Å². The molecule has 166 valence electrons. The van der Waals surface area contributed by atoms with Gasteiger partial charge in [-0.3, -0.25) is 4.55 Å².